The zero-order valence-electron chi connectivity index (χ0n) is 18.5. The Kier molecular flexibility index (Phi) is 5.92. The van der Waals surface area contributed by atoms with Crippen LogP contribution in [0, 0.1) is 0 Å². The number of nitrogens with one attached hydrogen (secondary N) is 1. The van der Waals surface area contributed by atoms with E-state index in [1.807, 2.05) is 32.9 Å². The van der Waals surface area contributed by atoms with Gasteiger partial charge in [-0.15, -0.1) is 0 Å². The van der Waals surface area contributed by atoms with Gasteiger partial charge < -0.3 is 5.32 Å². The lowest BCUT2D eigenvalue weighted by Gasteiger charge is -2.20. The number of carbonyl (C=O) groups excluding carboxylic acids is 1. The van der Waals surface area contributed by atoms with Crippen molar-refractivity contribution in [3.05, 3.63) is 46.4 Å². The maximum absolute atomic E-state index is 13.2. The molecule has 0 saturated heterocycles. The molecule has 1 atom stereocenters. The van der Waals surface area contributed by atoms with Crippen LogP contribution in [0.5, 0.6) is 0 Å². The number of benzene rings is 1. The summed E-state index contributed by atoms with van der Waals surface area (Å²) in [4.78, 5) is 30.5. The van der Waals surface area contributed by atoms with E-state index in [4.69, 9.17) is 4.98 Å². The Labute approximate surface area is 186 Å². The summed E-state index contributed by atoms with van der Waals surface area (Å²) in [7, 11) is 0. The summed E-state index contributed by atoms with van der Waals surface area (Å²) in [6, 6.07) is 7.79. The number of anilines is 1. The molecule has 1 unspecified atom stereocenters. The fraction of sp³-hybridized carbons (Fsp3) is 0.478. The standard InChI is InChI=1S/C23H29N5O2S/c1-5-6-7-15-8-10-16(11-9-15)25-19(29)12-17-14-31-22-26-20-18(21(30)27(17)22)13-24-28(20)23(2,3)4/h8-11,13,17H,5-7,12,14H2,1-4H3,(H,25,29). The van der Waals surface area contributed by atoms with E-state index in [9.17, 15) is 9.59 Å². The molecule has 3 heterocycles. The summed E-state index contributed by atoms with van der Waals surface area (Å²) in [5.74, 6) is 0.554. The molecule has 1 aliphatic rings. The van der Waals surface area contributed by atoms with Gasteiger partial charge in [0.05, 0.1) is 17.8 Å². The highest BCUT2D eigenvalue weighted by atomic mass is 32.2. The predicted octanol–water partition coefficient (Wildman–Crippen LogP) is 4.37. The van der Waals surface area contributed by atoms with Gasteiger partial charge in [0, 0.05) is 17.9 Å². The minimum absolute atomic E-state index is 0.0999. The van der Waals surface area contributed by atoms with Crippen LogP contribution in [-0.4, -0.2) is 31.0 Å². The Morgan fingerprint density at radius 3 is 2.68 bits per heavy atom. The monoisotopic (exact) mass is 439 g/mol. The van der Waals surface area contributed by atoms with Crippen LogP contribution >= 0.6 is 11.8 Å². The number of fused-ring (bicyclic) bond motifs is 2. The molecule has 0 bridgehead atoms. The van der Waals surface area contributed by atoms with Crippen molar-refractivity contribution >= 4 is 34.4 Å². The van der Waals surface area contributed by atoms with Crippen LogP contribution in [0.3, 0.4) is 0 Å². The highest BCUT2D eigenvalue weighted by molar-refractivity contribution is 7.99. The van der Waals surface area contributed by atoms with Gasteiger partial charge in [-0.1, -0.05) is 37.2 Å². The topological polar surface area (TPSA) is 81.8 Å². The molecule has 1 aromatic carbocycles. The van der Waals surface area contributed by atoms with Crippen LogP contribution in [0.4, 0.5) is 5.69 Å². The SMILES string of the molecule is CCCCc1ccc(NC(=O)CC2CSc3nc4c(cnn4C(C)(C)C)c(=O)n32)cc1. The van der Waals surface area contributed by atoms with Crippen LogP contribution in [0.1, 0.15) is 58.6 Å². The third kappa shape index (κ3) is 4.39. The van der Waals surface area contributed by atoms with Gasteiger partial charge in [0.2, 0.25) is 5.91 Å². The molecule has 3 aromatic rings. The summed E-state index contributed by atoms with van der Waals surface area (Å²) >= 11 is 1.52. The molecule has 1 N–H and O–H groups in total. The van der Waals surface area contributed by atoms with E-state index in [-0.39, 0.29) is 29.5 Å². The van der Waals surface area contributed by atoms with Crippen LogP contribution in [0.25, 0.3) is 11.0 Å². The average molecular weight is 440 g/mol. The highest BCUT2D eigenvalue weighted by Crippen LogP contribution is 2.34. The van der Waals surface area contributed by atoms with Gasteiger partial charge in [-0.3, -0.25) is 14.2 Å². The maximum atomic E-state index is 13.2. The lowest BCUT2D eigenvalue weighted by molar-refractivity contribution is -0.116. The van der Waals surface area contributed by atoms with Crippen molar-refractivity contribution in [2.45, 2.75) is 70.1 Å². The van der Waals surface area contributed by atoms with Crippen molar-refractivity contribution < 1.29 is 4.79 Å². The van der Waals surface area contributed by atoms with Crippen molar-refractivity contribution in [2.75, 3.05) is 11.1 Å². The third-order valence-corrected chi connectivity index (χ3v) is 6.58. The van der Waals surface area contributed by atoms with E-state index in [1.165, 1.54) is 17.3 Å². The first-order valence-electron chi connectivity index (χ1n) is 10.8. The number of nitrogens with zero attached hydrogens (tertiary/aromatic N) is 4. The number of aromatic nitrogens is 4. The minimum atomic E-state index is -0.269. The molecule has 0 radical (unpaired) electrons. The second kappa shape index (κ2) is 8.49. The van der Waals surface area contributed by atoms with Gasteiger partial charge in [0.15, 0.2) is 10.8 Å². The Morgan fingerprint density at radius 1 is 1.26 bits per heavy atom. The highest BCUT2D eigenvalue weighted by Gasteiger charge is 2.30. The number of rotatable bonds is 6. The molecule has 0 saturated carbocycles. The summed E-state index contributed by atoms with van der Waals surface area (Å²) in [5, 5.41) is 8.50. The maximum Gasteiger partial charge on any atom is 0.265 e. The van der Waals surface area contributed by atoms with E-state index in [2.05, 4.69) is 29.5 Å². The van der Waals surface area contributed by atoms with Gasteiger partial charge in [-0.25, -0.2) is 9.67 Å². The molecule has 2 aromatic heterocycles. The second-order valence-corrected chi connectivity index (χ2v) is 10.0. The smallest absolute Gasteiger partial charge is 0.265 e. The summed E-state index contributed by atoms with van der Waals surface area (Å²) in [5.41, 5.74) is 2.26. The van der Waals surface area contributed by atoms with Gasteiger partial charge in [0.1, 0.15) is 5.39 Å². The number of hydrogen-bond donors (Lipinski definition) is 1. The van der Waals surface area contributed by atoms with Crippen LogP contribution in [0.2, 0.25) is 0 Å². The number of aryl methyl sites for hydroxylation is 1. The molecular formula is C23H29N5O2S. The summed E-state index contributed by atoms with van der Waals surface area (Å²) in [6.45, 7) is 8.27. The van der Waals surface area contributed by atoms with Gasteiger partial charge >= 0.3 is 0 Å². The van der Waals surface area contributed by atoms with E-state index < -0.39 is 0 Å². The summed E-state index contributed by atoms with van der Waals surface area (Å²) < 4.78 is 3.45. The van der Waals surface area contributed by atoms with Crippen molar-refractivity contribution in [3.8, 4) is 0 Å². The lowest BCUT2D eigenvalue weighted by Crippen LogP contribution is -2.29. The van der Waals surface area contributed by atoms with Crippen LogP contribution < -0.4 is 10.9 Å². The van der Waals surface area contributed by atoms with Crippen LogP contribution in [0.15, 0.2) is 40.4 Å². The second-order valence-electron chi connectivity index (χ2n) is 9.05. The van der Waals surface area contributed by atoms with Crippen LogP contribution in [-0.2, 0) is 16.8 Å². The van der Waals surface area contributed by atoms with Crippen molar-refractivity contribution in [2.24, 2.45) is 0 Å². The van der Waals surface area contributed by atoms with E-state index in [0.29, 0.717) is 21.9 Å². The van der Waals surface area contributed by atoms with Gasteiger partial charge in [0.25, 0.3) is 5.56 Å². The average Bonchev–Trinajstić information content (AvgIpc) is 3.32. The quantitative estimate of drug-likeness (QED) is 0.577. The molecule has 0 fully saturated rings. The zero-order valence-corrected chi connectivity index (χ0v) is 19.3. The number of carbonyl (C=O) groups is 1. The third-order valence-electron chi connectivity index (χ3n) is 5.48. The molecule has 1 aliphatic heterocycles. The van der Waals surface area contributed by atoms with Gasteiger partial charge in [-0.05, 0) is 51.3 Å². The van der Waals surface area contributed by atoms with Crippen molar-refractivity contribution in [1.82, 2.24) is 19.3 Å². The fourth-order valence-corrected chi connectivity index (χ4v) is 4.96. The molecule has 8 heteroatoms. The summed E-state index contributed by atoms with van der Waals surface area (Å²) in [6.07, 6.45) is 5.20. The van der Waals surface area contributed by atoms with Crippen molar-refractivity contribution in [3.63, 3.8) is 0 Å². The number of hydrogen-bond acceptors (Lipinski definition) is 5. The Morgan fingerprint density at radius 2 is 2.00 bits per heavy atom. The van der Waals surface area contributed by atoms with Gasteiger partial charge in [-0.2, -0.15) is 5.10 Å². The Hall–Kier alpha value is -2.61. The normalized spacial score (nSPS) is 15.9. The largest absolute Gasteiger partial charge is 0.326 e. The molecule has 1 amide bonds. The predicted molar refractivity (Wildman–Crippen MR) is 125 cm³/mol. The molecule has 4 rings (SSSR count). The number of thioether (sulfide) groups is 1. The Balaban J connectivity index is 1.50. The van der Waals surface area contributed by atoms with E-state index in [0.717, 1.165) is 24.9 Å². The molecule has 7 nitrogen and oxygen atoms in total. The lowest BCUT2D eigenvalue weighted by atomic mass is 10.1. The van der Waals surface area contributed by atoms with E-state index >= 15 is 0 Å². The Bertz CT molecular complexity index is 1160. The number of unbranched alkanes of at least 4 members (excludes halogenated alkanes) is 1. The molecule has 0 spiro atoms. The van der Waals surface area contributed by atoms with E-state index in [1.54, 1.807) is 15.4 Å². The molecule has 164 valence electrons. The first-order chi connectivity index (χ1) is 14.8. The zero-order chi connectivity index (χ0) is 22.2. The van der Waals surface area contributed by atoms with Crippen molar-refractivity contribution in [1.29, 1.82) is 0 Å². The fourth-order valence-electron chi connectivity index (χ4n) is 3.83. The minimum Gasteiger partial charge on any atom is -0.326 e. The number of amides is 1. The first-order valence-corrected chi connectivity index (χ1v) is 11.8. The molecular weight excluding hydrogens is 410 g/mol. The molecule has 0 aliphatic carbocycles. The molecule has 31 heavy (non-hydrogen) atoms. The first kappa shape index (κ1) is 21.6.